The van der Waals surface area contributed by atoms with Crippen molar-refractivity contribution in [2.75, 3.05) is 0 Å². The molecule has 0 spiro atoms. The van der Waals surface area contributed by atoms with Gasteiger partial charge in [-0.1, -0.05) is 255 Å². The molecule has 14 rings (SSSR count). The molecule has 0 N–H and O–H groups in total. The Morgan fingerprint density at radius 2 is 0.642 bits per heavy atom. The molecule has 0 saturated carbocycles. The molecule has 14 aromatic rings. The lowest BCUT2D eigenvalue weighted by atomic mass is 9.94. The van der Waals surface area contributed by atoms with E-state index < -0.39 is 0 Å². The van der Waals surface area contributed by atoms with Crippen LogP contribution in [0.3, 0.4) is 0 Å². The highest BCUT2D eigenvalue weighted by atomic mass is 15.0. The summed E-state index contributed by atoms with van der Waals surface area (Å²) in [5.41, 5.74) is 26.1. The SMILES string of the molecule is C=C/C=C\C=C(/C)c1ccccc1-n1c2ccccc2c2cc(-c3ccc4c(c3)c3ccccc3n4-c3ccccc3-c3ccc(-c4cccc(-c5cccc(-c6ccc(-c7ccc(-c8ccccc8)cc7)cc6)c5)c4)cc3)ccc21. The fourth-order valence-electron chi connectivity index (χ4n) is 12.0. The Labute approximate surface area is 473 Å². The Hall–Kier alpha value is -10.5. The van der Waals surface area contributed by atoms with E-state index in [2.05, 4.69) is 320 Å². The van der Waals surface area contributed by atoms with Gasteiger partial charge in [0, 0.05) is 32.7 Å². The van der Waals surface area contributed by atoms with Gasteiger partial charge in [-0.3, -0.25) is 0 Å². The van der Waals surface area contributed by atoms with Gasteiger partial charge in [0.1, 0.15) is 0 Å². The summed E-state index contributed by atoms with van der Waals surface area (Å²) in [7, 11) is 0. The number of aromatic nitrogens is 2. The van der Waals surface area contributed by atoms with Gasteiger partial charge < -0.3 is 9.13 Å². The quantitative estimate of drug-likeness (QED) is 0.108. The number of benzene rings is 12. The molecule has 0 bridgehead atoms. The van der Waals surface area contributed by atoms with E-state index in [1.165, 1.54) is 133 Å². The molecule has 2 heterocycles. The fourth-order valence-corrected chi connectivity index (χ4v) is 12.0. The normalized spacial score (nSPS) is 11.8. The van der Waals surface area contributed by atoms with E-state index in [0.717, 1.165) is 11.4 Å². The van der Waals surface area contributed by atoms with Crippen LogP contribution in [0.4, 0.5) is 0 Å². The van der Waals surface area contributed by atoms with Gasteiger partial charge in [-0.25, -0.2) is 0 Å². The molecule has 12 aromatic carbocycles. The molecule has 0 saturated heterocycles. The van der Waals surface area contributed by atoms with Gasteiger partial charge in [-0.15, -0.1) is 0 Å². The number of para-hydroxylation sites is 4. The van der Waals surface area contributed by atoms with Gasteiger partial charge >= 0.3 is 0 Å². The third-order valence-corrected chi connectivity index (χ3v) is 16.1. The Morgan fingerprint density at radius 3 is 1.17 bits per heavy atom. The fraction of sp³-hybridized carbons (Fsp3) is 0.0127. The van der Waals surface area contributed by atoms with E-state index in [1.807, 2.05) is 12.2 Å². The van der Waals surface area contributed by atoms with Crippen LogP contribution in [-0.4, -0.2) is 9.13 Å². The molecule has 2 heteroatoms. The van der Waals surface area contributed by atoms with Crippen molar-refractivity contribution in [2.45, 2.75) is 6.92 Å². The van der Waals surface area contributed by atoms with Crippen molar-refractivity contribution in [3.05, 3.63) is 322 Å². The second kappa shape index (κ2) is 21.0. The van der Waals surface area contributed by atoms with Gasteiger partial charge in [0.25, 0.3) is 0 Å². The number of hydrogen-bond donors (Lipinski definition) is 0. The third kappa shape index (κ3) is 9.09. The van der Waals surface area contributed by atoms with Crippen molar-refractivity contribution >= 4 is 49.2 Å². The highest BCUT2D eigenvalue weighted by Crippen LogP contribution is 2.42. The standard InChI is InChI=1S/C79H56N2/c1-3-4-6-19-54(2)68-26-9-13-30-74(68)80-76-32-15-11-28-70(76)72-52-66(46-48-78(72)80)67-47-49-79-73(53-67)71-29-12-16-33-77(71)81(79)75-31-14-10-27-69(75)61-44-42-60(43-45-61)63-23-18-25-65(51-63)64-24-17-22-62(50-64)59-40-38-58(39-41-59)57-36-34-56(35-37-57)55-20-7-5-8-21-55/h3-53H,1H2,2H3/b6-4-,54-19+. The van der Waals surface area contributed by atoms with Crippen LogP contribution in [0.5, 0.6) is 0 Å². The zero-order chi connectivity index (χ0) is 54.2. The van der Waals surface area contributed by atoms with Crippen LogP contribution >= 0.6 is 0 Å². The minimum absolute atomic E-state index is 1.15. The summed E-state index contributed by atoms with van der Waals surface area (Å²) < 4.78 is 4.87. The van der Waals surface area contributed by atoms with Crippen LogP contribution < -0.4 is 0 Å². The monoisotopic (exact) mass is 1030 g/mol. The summed E-state index contributed by atoms with van der Waals surface area (Å²) in [5.74, 6) is 0. The molecule has 382 valence electrons. The van der Waals surface area contributed by atoms with Crippen LogP contribution in [0, 0.1) is 0 Å². The van der Waals surface area contributed by atoms with Gasteiger partial charge in [0.05, 0.1) is 33.4 Å². The van der Waals surface area contributed by atoms with Gasteiger partial charge in [0.2, 0.25) is 0 Å². The molecule has 81 heavy (non-hydrogen) atoms. The minimum atomic E-state index is 1.15. The van der Waals surface area contributed by atoms with Crippen molar-refractivity contribution in [3.8, 4) is 89.3 Å². The van der Waals surface area contributed by atoms with E-state index in [-0.39, 0.29) is 0 Å². The average Bonchev–Trinajstić information content (AvgIpc) is 3.63. The molecule has 2 nitrogen and oxygen atoms in total. The Morgan fingerprint density at radius 1 is 0.284 bits per heavy atom. The number of rotatable bonds is 12. The predicted molar refractivity (Wildman–Crippen MR) is 346 cm³/mol. The molecular weight excluding hydrogens is 977 g/mol. The number of allylic oxidation sites excluding steroid dienone is 5. The van der Waals surface area contributed by atoms with E-state index in [4.69, 9.17) is 0 Å². The minimum Gasteiger partial charge on any atom is -0.309 e. The highest BCUT2D eigenvalue weighted by Gasteiger charge is 2.19. The topological polar surface area (TPSA) is 9.86 Å². The molecule has 0 unspecified atom stereocenters. The average molecular weight is 1030 g/mol. The first-order valence-electron chi connectivity index (χ1n) is 27.8. The van der Waals surface area contributed by atoms with Crippen molar-refractivity contribution in [1.29, 1.82) is 0 Å². The Balaban J connectivity index is 0.753. The predicted octanol–water partition coefficient (Wildman–Crippen LogP) is 21.7. The van der Waals surface area contributed by atoms with Crippen LogP contribution in [0.1, 0.15) is 12.5 Å². The molecule has 0 aliphatic rings. The second-order valence-corrected chi connectivity index (χ2v) is 20.9. The molecule has 2 aromatic heterocycles. The van der Waals surface area contributed by atoms with Gasteiger partial charge in [-0.05, 0) is 145 Å². The molecular formula is C79H56N2. The molecule has 0 aliphatic heterocycles. The number of fused-ring (bicyclic) bond motifs is 6. The maximum atomic E-state index is 3.85. The summed E-state index contributed by atoms with van der Waals surface area (Å²) in [6, 6.07) is 104. The number of hydrogen-bond acceptors (Lipinski definition) is 0. The number of nitrogens with zero attached hydrogens (tertiary/aromatic N) is 2. The molecule has 0 amide bonds. The molecule has 0 fully saturated rings. The smallest absolute Gasteiger partial charge is 0.0541 e. The van der Waals surface area contributed by atoms with Crippen molar-refractivity contribution in [3.63, 3.8) is 0 Å². The van der Waals surface area contributed by atoms with Gasteiger partial charge in [-0.2, -0.15) is 0 Å². The van der Waals surface area contributed by atoms with Crippen molar-refractivity contribution in [1.82, 2.24) is 9.13 Å². The summed E-state index contributed by atoms with van der Waals surface area (Å²) in [6.45, 7) is 6.03. The zero-order valence-electron chi connectivity index (χ0n) is 45.0. The summed E-state index contributed by atoms with van der Waals surface area (Å²) in [6.07, 6.45) is 7.99. The lowest BCUT2D eigenvalue weighted by Gasteiger charge is -2.15. The van der Waals surface area contributed by atoms with Crippen LogP contribution in [0.2, 0.25) is 0 Å². The van der Waals surface area contributed by atoms with E-state index in [1.54, 1.807) is 0 Å². The van der Waals surface area contributed by atoms with E-state index in [0.29, 0.717) is 0 Å². The summed E-state index contributed by atoms with van der Waals surface area (Å²) >= 11 is 0. The van der Waals surface area contributed by atoms with Crippen molar-refractivity contribution in [2.24, 2.45) is 0 Å². The first-order valence-corrected chi connectivity index (χ1v) is 27.8. The molecule has 0 aliphatic carbocycles. The lowest BCUT2D eigenvalue weighted by Crippen LogP contribution is -1.98. The summed E-state index contributed by atoms with van der Waals surface area (Å²) in [5, 5.41) is 4.91. The first-order chi connectivity index (χ1) is 40.0. The van der Waals surface area contributed by atoms with Crippen LogP contribution in [-0.2, 0) is 0 Å². The second-order valence-electron chi connectivity index (χ2n) is 20.9. The maximum Gasteiger partial charge on any atom is 0.0541 e. The Kier molecular flexibility index (Phi) is 12.7. The Bertz CT molecular complexity index is 4740. The zero-order valence-corrected chi connectivity index (χ0v) is 45.0. The van der Waals surface area contributed by atoms with E-state index in [9.17, 15) is 0 Å². The summed E-state index contributed by atoms with van der Waals surface area (Å²) in [4.78, 5) is 0. The first kappa shape index (κ1) is 48.8. The largest absolute Gasteiger partial charge is 0.309 e. The molecule has 0 radical (unpaired) electrons. The lowest BCUT2D eigenvalue weighted by molar-refractivity contribution is 1.17. The van der Waals surface area contributed by atoms with E-state index >= 15 is 0 Å². The van der Waals surface area contributed by atoms with Crippen molar-refractivity contribution < 1.29 is 0 Å². The van der Waals surface area contributed by atoms with Crippen LogP contribution in [0.25, 0.3) is 138 Å². The van der Waals surface area contributed by atoms with Gasteiger partial charge in [0.15, 0.2) is 0 Å². The van der Waals surface area contributed by atoms with Crippen LogP contribution in [0.15, 0.2) is 316 Å². The third-order valence-electron chi connectivity index (χ3n) is 16.1. The maximum absolute atomic E-state index is 3.85. The molecule has 0 atom stereocenters. The highest BCUT2D eigenvalue weighted by molar-refractivity contribution is 6.13.